The molecule has 1 aromatic carbocycles. The molecule has 0 aromatic heterocycles. The molecule has 0 aliphatic carbocycles. The van der Waals surface area contributed by atoms with Crippen molar-refractivity contribution in [2.24, 2.45) is 0 Å². The Morgan fingerprint density at radius 2 is 1.73 bits per heavy atom. The molecule has 0 heterocycles. The van der Waals surface area contributed by atoms with Crippen LogP contribution in [0.3, 0.4) is 0 Å². The zero-order valence-corrected chi connectivity index (χ0v) is 10.8. The first-order chi connectivity index (χ1) is 6.90. The van der Waals surface area contributed by atoms with Gasteiger partial charge in [0.15, 0.2) is 0 Å². The van der Waals surface area contributed by atoms with Crippen LogP contribution in [-0.4, -0.2) is 14.2 Å². The van der Waals surface area contributed by atoms with E-state index in [4.69, 9.17) is 9.47 Å². The smallest absolute Gasteiger partial charge is 0.127 e. The number of hydrogen-bond donors (Lipinski definition) is 1. The molecule has 0 aliphatic rings. The van der Waals surface area contributed by atoms with Crippen LogP contribution >= 0.6 is 12.6 Å². The molecule has 0 unspecified atom stereocenters. The maximum absolute atomic E-state index is 5.37. The minimum Gasteiger partial charge on any atom is -0.497 e. The fourth-order valence-corrected chi connectivity index (χ4v) is 2.07. The normalized spacial score (nSPS) is 11.3. The molecule has 3 heteroatoms. The van der Waals surface area contributed by atoms with E-state index in [-0.39, 0.29) is 4.75 Å². The Hall–Kier alpha value is -0.830. The summed E-state index contributed by atoms with van der Waals surface area (Å²) in [5.74, 6) is 1.64. The molecule has 1 aromatic rings. The third kappa shape index (κ3) is 2.59. The molecule has 0 atom stereocenters. The zero-order chi connectivity index (χ0) is 11.6. The van der Waals surface area contributed by atoms with Crippen molar-refractivity contribution in [3.8, 4) is 11.5 Å². The molecule has 0 bridgehead atoms. The Labute approximate surface area is 97.0 Å². The highest BCUT2D eigenvalue weighted by Crippen LogP contribution is 2.39. The van der Waals surface area contributed by atoms with Crippen LogP contribution < -0.4 is 9.47 Å². The van der Waals surface area contributed by atoms with Gasteiger partial charge < -0.3 is 9.47 Å². The van der Waals surface area contributed by atoms with Gasteiger partial charge in [-0.3, -0.25) is 0 Å². The van der Waals surface area contributed by atoms with Gasteiger partial charge in [-0.15, -0.1) is 0 Å². The van der Waals surface area contributed by atoms with Crippen LogP contribution in [0.2, 0.25) is 0 Å². The second-order valence-corrected chi connectivity index (χ2v) is 5.20. The Balaban J connectivity index is 3.38. The van der Waals surface area contributed by atoms with E-state index >= 15 is 0 Å². The number of hydrogen-bond acceptors (Lipinski definition) is 3. The second kappa shape index (κ2) is 4.35. The van der Waals surface area contributed by atoms with Crippen LogP contribution in [-0.2, 0) is 4.75 Å². The van der Waals surface area contributed by atoms with Crippen LogP contribution in [0.25, 0.3) is 0 Å². The predicted molar refractivity (Wildman–Crippen MR) is 66.3 cm³/mol. The average molecular weight is 226 g/mol. The summed E-state index contributed by atoms with van der Waals surface area (Å²) in [6.07, 6.45) is 0. The molecule has 15 heavy (non-hydrogen) atoms. The van der Waals surface area contributed by atoms with E-state index in [2.05, 4.69) is 12.6 Å². The van der Waals surface area contributed by atoms with E-state index in [1.54, 1.807) is 14.2 Å². The van der Waals surface area contributed by atoms with E-state index in [1.807, 2.05) is 32.9 Å². The van der Waals surface area contributed by atoms with E-state index in [9.17, 15) is 0 Å². The molecule has 2 nitrogen and oxygen atoms in total. The lowest BCUT2D eigenvalue weighted by Gasteiger charge is -2.24. The molecule has 0 saturated heterocycles. The second-order valence-electron chi connectivity index (χ2n) is 4.08. The van der Waals surface area contributed by atoms with Gasteiger partial charge in [-0.1, -0.05) is 0 Å². The summed E-state index contributed by atoms with van der Waals surface area (Å²) in [5.41, 5.74) is 2.24. The summed E-state index contributed by atoms with van der Waals surface area (Å²) in [6, 6.07) is 3.89. The van der Waals surface area contributed by atoms with Crippen LogP contribution in [0, 0.1) is 6.92 Å². The zero-order valence-electron chi connectivity index (χ0n) is 9.92. The van der Waals surface area contributed by atoms with Crippen molar-refractivity contribution in [3.05, 3.63) is 23.3 Å². The molecule has 0 saturated carbocycles. The van der Waals surface area contributed by atoms with E-state index < -0.39 is 0 Å². The summed E-state index contributed by atoms with van der Waals surface area (Å²) in [6.45, 7) is 6.14. The number of thiol groups is 1. The minimum absolute atomic E-state index is 0.221. The first-order valence-corrected chi connectivity index (χ1v) is 5.30. The van der Waals surface area contributed by atoms with Crippen molar-refractivity contribution in [2.45, 2.75) is 25.5 Å². The van der Waals surface area contributed by atoms with Gasteiger partial charge in [0.05, 0.1) is 14.2 Å². The third-order valence-electron chi connectivity index (χ3n) is 2.34. The Kier molecular flexibility index (Phi) is 3.55. The van der Waals surface area contributed by atoms with Gasteiger partial charge in [-0.25, -0.2) is 0 Å². The van der Waals surface area contributed by atoms with Crippen LogP contribution in [0.4, 0.5) is 0 Å². The first kappa shape index (κ1) is 12.2. The fourth-order valence-electron chi connectivity index (χ4n) is 1.79. The van der Waals surface area contributed by atoms with E-state index in [0.29, 0.717) is 0 Å². The molecule has 0 aliphatic heterocycles. The standard InChI is InChI=1S/C12H18O2S/c1-8-6-9(13-4)7-10(14-5)11(8)12(2,3)15/h6-7,15H,1-5H3. The quantitative estimate of drug-likeness (QED) is 0.798. The van der Waals surface area contributed by atoms with Gasteiger partial charge >= 0.3 is 0 Å². The molecule has 0 radical (unpaired) electrons. The molecule has 0 amide bonds. The lowest BCUT2D eigenvalue weighted by atomic mass is 9.95. The summed E-state index contributed by atoms with van der Waals surface area (Å²) in [4.78, 5) is 0. The van der Waals surface area contributed by atoms with Crippen molar-refractivity contribution < 1.29 is 9.47 Å². The third-order valence-corrected chi connectivity index (χ3v) is 2.56. The largest absolute Gasteiger partial charge is 0.497 e. The number of ether oxygens (including phenoxy) is 2. The molecule has 0 N–H and O–H groups in total. The predicted octanol–water partition coefficient (Wildman–Crippen LogP) is 3.18. The maximum atomic E-state index is 5.37. The van der Waals surface area contributed by atoms with Gasteiger partial charge in [-0.2, -0.15) is 12.6 Å². The van der Waals surface area contributed by atoms with Gasteiger partial charge in [0.2, 0.25) is 0 Å². The van der Waals surface area contributed by atoms with Crippen molar-refractivity contribution in [1.82, 2.24) is 0 Å². The highest BCUT2D eigenvalue weighted by atomic mass is 32.1. The van der Waals surface area contributed by atoms with Crippen molar-refractivity contribution in [1.29, 1.82) is 0 Å². The first-order valence-electron chi connectivity index (χ1n) is 4.85. The Morgan fingerprint density at radius 1 is 1.13 bits per heavy atom. The lowest BCUT2D eigenvalue weighted by molar-refractivity contribution is 0.387. The lowest BCUT2D eigenvalue weighted by Crippen LogP contribution is -2.12. The number of aryl methyl sites for hydroxylation is 1. The molecular weight excluding hydrogens is 208 g/mol. The summed E-state index contributed by atoms with van der Waals surface area (Å²) >= 11 is 4.58. The Bertz CT molecular complexity index is 353. The number of rotatable bonds is 3. The van der Waals surface area contributed by atoms with Gasteiger partial charge in [0.25, 0.3) is 0 Å². The van der Waals surface area contributed by atoms with E-state index in [1.165, 1.54) is 0 Å². The number of methoxy groups -OCH3 is 2. The summed E-state index contributed by atoms with van der Waals surface area (Å²) < 4.78 is 10.3. The van der Waals surface area contributed by atoms with Crippen LogP contribution in [0.5, 0.6) is 11.5 Å². The average Bonchev–Trinajstić information content (AvgIpc) is 2.14. The highest BCUT2D eigenvalue weighted by Gasteiger charge is 2.22. The monoisotopic (exact) mass is 226 g/mol. The molecule has 84 valence electrons. The molecule has 1 rings (SSSR count). The molecule has 0 spiro atoms. The fraction of sp³-hybridized carbons (Fsp3) is 0.500. The Morgan fingerprint density at radius 3 is 2.13 bits per heavy atom. The maximum Gasteiger partial charge on any atom is 0.127 e. The van der Waals surface area contributed by atoms with Crippen molar-refractivity contribution >= 4 is 12.6 Å². The van der Waals surface area contributed by atoms with Gasteiger partial charge in [-0.05, 0) is 32.4 Å². The minimum atomic E-state index is -0.221. The van der Waals surface area contributed by atoms with Crippen molar-refractivity contribution in [2.75, 3.05) is 14.2 Å². The van der Waals surface area contributed by atoms with Crippen LogP contribution in [0.1, 0.15) is 25.0 Å². The van der Waals surface area contributed by atoms with Crippen molar-refractivity contribution in [3.63, 3.8) is 0 Å². The summed E-state index contributed by atoms with van der Waals surface area (Å²) in [7, 11) is 3.32. The van der Waals surface area contributed by atoms with Gasteiger partial charge in [0.1, 0.15) is 11.5 Å². The SMILES string of the molecule is COc1cc(C)c(C(C)(C)S)c(OC)c1. The van der Waals surface area contributed by atoms with Crippen LogP contribution in [0.15, 0.2) is 12.1 Å². The molecular formula is C12H18O2S. The topological polar surface area (TPSA) is 18.5 Å². The molecule has 0 fully saturated rings. The van der Waals surface area contributed by atoms with E-state index in [0.717, 1.165) is 22.6 Å². The highest BCUT2D eigenvalue weighted by molar-refractivity contribution is 7.81. The summed E-state index contributed by atoms with van der Waals surface area (Å²) in [5, 5.41) is 0. The van der Waals surface area contributed by atoms with Gasteiger partial charge in [0, 0.05) is 16.4 Å². The number of benzene rings is 1.